The first-order valence-corrected chi connectivity index (χ1v) is 8.96. The molecule has 27 heavy (non-hydrogen) atoms. The molecule has 8 heteroatoms. The van der Waals surface area contributed by atoms with Crippen LogP contribution in [0.5, 0.6) is 5.75 Å². The highest BCUT2D eigenvalue weighted by atomic mass is 127. The smallest absolute Gasteiger partial charge is 0.195 e. The molecule has 0 atom stereocenters. The van der Waals surface area contributed by atoms with Crippen LogP contribution in [0.25, 0.3) is 0 Å². The van der Waals surface area contributed by atoms with Crippen molar-refractivity contribution in [3.63, 3.8) is 0 Å². The predicted molar refractivity (Wildman–Crippen MR) is 120 cm³/mol. The number of rotatable bonds is 10. The first kappa shape index (κ1) is 23.2. The second-order valence-corrected chi connectivity index (χ2v) is 5.88. The van der Waals surface area contributed by atoms with E-state index in [9.17, 15) is 0 Å². The molecule has 0 saturated carbocycles. The summed E-state index contributed by atoms with van der Waals surface area (Å²) >= 11 is 0. The Kier molecular flexibility index (Phi) is 11.5. The molecule has 1 aromatic carbocycles. The van der Waals surface area contributed by atoms with Gasteiger partial charge in [0.25, 0.3) is 0 Å². The zero-order chi connectivity index (χ0) is 18.6. The van der Waals surface area contributed by atoms with Crippen molar-refractivity contribution in [2.45, 2.75) is 19.8 Å². The molecule has 0 fully saturated rings. The van der Waals surface area contributed by atoms with Crippen molar-refractivity contribution in [3.05, 3.63) is 42.2 Å². The molecule has 0 aliphatic rings. The van der Waals surface area contributed by atoms with Crippen LogP contribution in [-0.2, 0) is 18.2 Å². The van der Waals surface area contributed by atoms with E-state index in [1.807, 2.05) is 50.6 Å². The van der Waals surface area contributed by atoms with E-state index in [-0.39, 0.29) is 24.0 Å². The molecule has 2 N–H and O–H groups in total. The van der Waals surface area contributed by atoms with Gasteiger partial charge in [0.2, 0.25) is 0 Å². The maximum atomic E-state index is 5.74. The number of halogens is 1. The molecule has 2 aromatic rings. The predicted octanol–water partition coefficient (Wildman–Crippen LogP) is 3.07. The Hall–Kier alpha value is -1.81. The molecule has 0 aliphatic carbocycles. The molecule has 1 aromatic heterocycles. The Bertz CT molecular complexity index is 690. The van der Waals surface area contributed by atoms with Crippen LogP contribution in [0.3, 0.4) is 0 Å². The third kappa shape index (κ3) is 9.09. The van der Waals surface area contributed by atoms with Gasteiger partial charge in [-0.15, -0.1) is 24.0 Å². The fourth-order valence-electron chi connectivity index (χ4n) is 2.40. The van der Waals surface area contributed by atoms with E-state index in [4.69, 9.17) is 9.47 Å². The molecular weight excluding hydrogens is 457 g/mol. The Labute approximate surface area is 178 Å². The van der Waals surface area contributed by atoms with Gasteiger partial charge in [-0.25, -0.2) is 0 Å². The summed E-state index contributed by atoms with van der Waals surface area (Å²) in [5, 5.41) is 10.8. The van der Waals surface area contributed by atoms with Gasteiger partial charge in [0.1, 0.15) is 5.75 Å². The molecular formula is C19H30IN5O2. The standard InChI is InChI=1S/C19H29N5O2.HI/c1-4-20-19(21-10-9-16-14-22-24(2)15-16)23-17-7-5-8-18(13-17)26-12-6-11-25-3;/h5,7-8,13-15H,4,6,9-12H2,1-3H3,(H2,20,21,23);1H. The Morgan fingerprint density at radius 1 is 1.30 bits per heavy atom. The summed E-state index contributed by atoms with van der Waals surface area (Å²) in [7, 11) is 3.61. The number of benzene rings is 1. The third-order valence-electron chi connectivity index (χ3n) is 3.63. The third-order valence-corrected chi connectivity index (χ3v) is 3.63. The summed E-state index contributed by atoms with van der Waals surface area (Å²) < 4.78 is 12.6. The molecule has 0 aliphatic heterocycles. The van der Waals surface area contributed by atoms with E-state index >= 15 is 0 Å². The molecule has 0 radical (unpaired) electrons. The largest absolute Gasteiger partial charge is 0.493 e. The van der Waals surface area contributed by atoms with E-state index in [2.05, 4.69) is 20.7 Å². The number of hydrogen-bond donors (Lipinski definition) is 2. The molecule has 0 unspecified atom stereocenters. The number of methoxy groups -OCH3 is 1. The monoisotopic (exact) mass is 487 g/mol. The number of hydrogen-bond acceptors (Lipinski definition) is 4. The highest BCUT2D eigenvalue weighted by molar-refractivity contribution is 14.0. The molecule has 1 heterocycles. The lowest BCUT2D eigenvalue weighted by atomic mass is 10.2. The quantitative estimate of drug-likeness (QED) is 0.233. The van der Waals surface area contributed by atoms with Gasteiger partial charge in [0.15, 0.2) is 5.96 Å². The number of aliphatic imine (C=N–C) groups is 1. The highest BCUT2D eigenvalue weighted by Crippen LogP contribution is 2.17. The van der Waals surface area contributed by atoms with Crippen LogP contribution < -0.4 is 15.4 Å². The lowest BCUT2D eigenvalue weighted by Gasteiger charge is -2.13. The van der Waals surface area contributed by atoms with Crippen molar-refractivity contribution in [3.8, 4) is 5.75 Å². The van der Waals surface area contributed by atoms with Gasteiger partial charge >= 0.3 is 0 Å². The van der Waals surface area contributed by atoms with E-state index in [1.165, 1.54) is 5.56 Å². The van der Waals surface area contributed by atoms with Crippen LogP contribution in [-0.4, -0.2) is 49.2 Å². The van der Waals surface area contributed by atoms with Gasteiger partial charge < -0.3 is 20.1 Å². The molecule has 0 saturated heterocycles. The van der Waals surface area contributed by atoms with Crippen molar-refractivity contribution in [1.29, 1.82) is 0 Å². The minimum absolute atomic E-state index is 0. The van der Waals surface area contributed by atoms with Crippen molar-refractivity contribution >= 4 is 35.6 Å². The summed E-state index contributed by atoms with van der Waals surface area (Å²) in [6.45, 7) is 4.87. The van der Waals surface area contributed by atoms with Crippen LogP contribution >= 0.6 is 24.0 Å². The molecule has 0 amide bonds. The summed E-state index contributed by atoms with van der Waals surface area (Å²) in [4.78, 5) is 4.63. The maximum Gasteiger partial charge on any atom is 0.195 e. The maximum absolute atomic E-state index is 5.74. The lowest BCUT2D eigenvalue weighted by molar-refractivity contribution is 0.172. The van der Waals surface area contributed by atoms with Crippen molar-refractivity contribution in [1.82, 2.24) is 15.1 Å². The topological polar surface area (TPSA) is 72.7 Å². The Morgan fingerprint density at radius 3 is 2.85 bits per heavy atom. The number of aromatic nitrogens is 2. The number of guanidine groups is 1. The van der Waals surface area contributed by atoms with Crippen LogP contribution in [0.4, 0.5) is 5.69 Å². The zero-order valence-corrected chi connectivity index (χ0v) is 18.6. The summed E-state index contributed by atoms with van der Waals surface area (Å²) in [6.07, 6.45) is 5.61. The summed E-state index contributed by atoms with van der Waals surface area (Å²) in [5.74, 6) is 1.59. The lowest BCUT2D eigenvalue weighted by Crippen LogP contribution is -2.30. The summed E-state index contributed by atoms with van der Waals surface area (Å²) in [6, 6.07) is 7.88. The fourth-order valence-corrected chi connectivity index (χ4v) is 2.40. The minimum Gasteiger partial charge on any atom is -0.493 e. The number of anilines is 1. The van der Waals surface area contributed by atoms with Crippen LogP contribution in [0.1, 0.15) is 18.9 Å². The number of aryl methyl sites for hydroxylation is 1. The van der Waals surface area contributed by atoms with Crippen LogP contribution in [0, 0.1) is 0 Å². The van der Waals surface area contributed by atoms with Gasteiger partial charge in [0, 0.05) is 58.2 Å². The van der Waals surface area contributed by atoms with E-state index < -0.39 is 0 Å². The fraction of sp³-hybridized carbons (Fsp3) is 0.474. The molecule has 150 valence electrons. The first-order chi connectivity index (χ1) is 12.7. The average molecular weight is 487 g/mol. The molecule has 2 rings (SSSR count). The average Bonchev–Trinajstić information content (AvgIpc) is 3.04. The normalized spacial score (nSPS) is 11.0. The van der Waals surface area contributed by atoms with Crippen molar-refractivity contribution in [2.24, 2.45) is 12.0 Å². The second-order valence-electron chi connectivity index (χ2n) is 5.88. The number of ether oxygens (including phenoxy) is 2. The molecule has 0 spiro atoms. The zero-order valence-electron chi connectivity index (χ0n) is 16.3. The highest BCUT2D eigenvalue weighted by Gasteiger charge is 2.02. The van der Waals surface area contributed by atoms with Gasteiger partial charge in [-0.1, -0.05) is 6.07 Å². The van der Waals surface area contributed by atoms with E-state index in [1.54, 1.807) is 11.8 Å². The van der Waals surface area contributed by atoms with Gasteiger partial charge in [-0.3, -0.25) is 9.67 Å². The second kappa shape index (κ2) is 13.4. The molecule has 0 bridgehead atoms. The van der Waals surface area contributed by atoms with Crippen LogP contribution in [0.15, 0.2) is 41.7 Å². The van der Waals surface area contributed by atoms with Crippen molar-refractivity contribution < 1.29 is 9.47 Å². The minimum atomic E-state index is 0. The Morgan fingerprint density at radius 2 is 2.15 bits per heavy atom. The summed E-state index contributed by atoms with van der Waals surface area (Å²) in [5.41, 5.74) is 2.12. The van der Waals surface area contributed by atoms with Gasteiger partial charge in [-0.2, -0.15) is 5.10 Å². The van der Waals surface area contributed by atoms with Gasteiger partial charge in [0.05, 0.1) is 12.8 Å². The van der Waals surface area contributed by atoms with E-state index in [0.29, 0.717) is 19.8 Å². The van der Waals surface area contributed by atoms with Crippen LogP contribution in [0.2, 0.25) is 0 Å². The number of nitrogens with zero attached hydrogens (tertiary/aromatic N) is 3. The molecule has 7 nitrogen and oxygen atoms in total. The van der Waals surface area contributed by atoms with Crippen molar-refractivity contribution in [2.75, 3.05) is 38.7 Å². The number of nitrogens with one attached hydrogen (secondary N) is 2. The van der Waals surface area contributed by atoms with Gasteiger partial charge in [-0.05, 0) is 31.0 Å². The SMILES string of the molecule is CCNC(=NCCc1cnn(C)c1)Nc1cccc(OCCCOC)c1.I. The Balaban J connectivity index is 0.00000364. The van der Waals surface area contributed by atoms with E-state index in [0.717, 1.165) is 36.8 Å². The first-order valence-electron chi connectivity index (χ1n) is 8.96.